The Kier molecular flexibility index (Phi) is 4.43. The second-order valence-electron chi connectivity index (χ2n) is 5.34. The predicted molar refractivity (Wildman–Crippen MR) is 84.3 cm³/mol. The molecule has 2 heterocycles. The number of carbonyl (C=O) groups is 1. The van der Waals surface area contributed by atoms with Gasteiger partial charge in [-0.1, -0.05) is 18.2 Å². The van der Waals surface area contributed by atoms with Gasteiger partial charge in [0.1, 0.15) is 0 Å². The quantitative estimate of drug-likeness (QED) is 0.896. The van der Waals surface area contributed by atoms with E-state index in [4.69, 9.17) is 0 Å². The summed E-state index contributed by atoms with van der Waals surface area (Å²) in [6, 6.07) is 9.86. The summed E-state index contributed by atoms with van der Waals surface area (Å²) in [5, 5.41) is 7.31. The van der Waals surface area contributed by atoms with Crippen LogP contribution in [0.5, 0.6) is 0 Å². The SMILES string of the molecule is O=C(CN1CCCNCC1)Nc1cnc2ccccc2c1. The summed E-state index contributed by atoms with van der Waals surface area (Å²) in [6.45, 7) is 4.31. The molecule has 21 heavy (non-hydrogen) atoms. The molecule has 3 rings (SSSR count). The van der Waals surface area contributed by atoms with E-state index in [0.717, 1.165) is 49.2 Å². The van der Waals surface area contributed by atoms with Crippen molar-refractivity contribution in [2.45, 2.75) is 6.42 Å². The average Bonchev–Trinajstić information content (AvgIpc) is 2.75. The van der Waals surface area contributed by atoms with Crippen LogP contribution in [0.15, 0.2) is 36.5 Å². The second-order valence-corrected chi connectivity index (χ2v) is 5.34. The largest absolute Gasteiger partial charge is 0.324 e. The average molecular weight is 284 g/mol. The Bertz CT molecular complexity index is 620. The van der Waals surface area contributed by atoms with Gasteiger partial charge in [-0.3, -0.25) is 14.7 Å². The van der Waals surface area contributed by atoms with Gasteiger partial charge in [0.15, 0.2) is 0 Å². The number of hydrogen-bond donors (Lipinski definition) is 2. The predicted octanol–water partition coefficient (Wildman–Crippen LogP) is 1.47. The highest BCUT2D eigenvalue weighted by Gasteiger charge is 2.12. The zero-order valence-electron chi connectivity index (χ0n) is 12.0. The van der Waals surface area contributed by atoms with Crippen LogP contribution < -0.4 is 10.6 Å². The number of fused-ring (bicyclic) bond motifs is 1. The molecule has 1 aliphatic rings. The van der Waals surface area contributed by atoms with Crippen LogP contribution in [-0.2, 0) is 4.79 Å². The third-order valence-corrected chi connectivity index (χ3v) is 3.67. The molecule has 110 valence electrons. The number of para-hydroxylation sites is 1. The van der Waals surface area contributed by atoms with E-state index >= 15 is 0 Å². The second kappa shape index (κ2) is 6.65. The number of nitrogens with one attached hydrogen (secondary N) is 2. The Morgan fingerprint density at radius 1 is 1.29 bits per heavy atom. The van der Waals surface area contributed by atoms with Crippen LogP contribution in [0.2, 0.25) is 0 Å². The lowest BCUT2D eigenvalue weighted by Crippen LogP contribution is -2.35. The van der Waals surface area contributed by atoms with Crippen LogP contribution in [0.3, 0.4) is 0 Å². The van der Waals surface area contributed by atoms with Gasteiger partial charge in [-0.05, 0) is 31.6 Å². The normalized spacial score (nSPS) is 16.6. The highest BCUT2D eigenvalue weighted by molar-refractivity contribution is 5.94. The Hall–Kier alpha value is -1.98. The zero-order chi connectivity index (χ0) is 14.5. The minimum absolute atomic E-state index is 0.0222. The zero-order valence-corrected chi connectivity index (χ0v) is 12.0. The first-order valence-electron chi connectivity index (χ1n) is 7.39. The standard InChI is InChI=1S/C16H20N4O/c21-16(12-20-8-3-6-17-7-9-20)19-14-10-13-4-1-2-5-15(13)18-11-14/h1-2,4-5,10-11,17H,3,6-9,12H2,(H,19,21). The number of rotatable bonds is 3. The van der Waals surface area contributed by atoms with Crippen molar-refractivity contribution in [2.75, 3.05) is 38.0 Å². The molecule has 1 saturated heterocycles. The number of benzene rings is 1. The van der Waals surface area contributed by atoms with Gasteiger partial charge in [0, 0.05) is 18.5 Å². The van der Waals surface area contributed by atoms with E-state index in [1.165, 1.54) is 0 Å². The summed E-state index contributed by atoms with van der Waals surface area (Å²) in [6.07, 6.45) is 2.80. The molecule has 0 atom stereocenters. The molecular formula is C16H20N4O. The molecule has 2 aromatic rings. The molecule has 0 bridgehead atoms. The van der Waals surface area contributed by atoms with E-state index in [-0.39, 0.29) is 5.91 Å². The van der Waals surface area contributed by atoms with Gasteiger partial charge in [-0.25, -0.2) is 0 Å². The number of hydrogen-bond acceptors (Lipinski definition) is 4. The first kappa shape index (κ1) is 14.0. The molecule has 0 aliphatic carbocycles. The number of anilines is 1. The maximum absolute atomic E-state index is 12.1. The summed E-state index contributed by atoms with van der Waals surface area (Å²) in [4.78, 5) is 18.7. The Balaban J connectivity index is 1.62. The van der Waals surface area contributed by atoms with Gasteiger partial charge in [0.05, 0.1) is 23.9 Å². The van der Waals surface area contributed by atoms with Gasteiger partial charge in [-0.2, -0.15) is 0 Å². The summed E-state index contributed by atoms with van der Waals surface area (Å²) in [5.74, 6) is 0.0222. The van der Waals surface area contributed by atoms with Gasteiger partial charge >= 0.3 is 0 Å². The Labute approximate surface area is 124 Å². The van der Waals surface area contributed by atoms with E-state index < -0.39 is 0 Å². The third-order valence-electron chi connectivity index (χ3n) is 3.67. The van der Waals surface area contributed by atoms with E-state index in [2.05, 4.69) is 20.5 Å². The molecule has 0 saturated carbocycles. The topological polar surface area (TPSA) is 57.3 Å². The molecular weight excluding hydrogens is 264 g/mol. The molecule has 5 heteroatoms. The number of carbonyl (C=O) groups excluding carboxylic acids is 1. The summed E-state index contributed by atoms with van der Waals surface area (Å²) in [7, 11) is 0. The van der Waals surface area contributed by atoms with E-state index in [0.29, 0.717) is 6.54 Å². The van der Waals surface area contributed by atoms with Crippen LogP contribution in [0.1, 0.15) is 6.42 Å². The van der Waals surface area contributed by atoms with Gasteiger partial charge in [0.25, 0.3) is 0 Å². The van der Waals surface area contributed by atoms with Crippen molar-refractivity contribution in [1.82, 2.24) is 15.2 Å². The summed E-state index contributed by atoms with van der Waals surface area (Å²) < 4.78 is 0. The number of pyridine rings is 1. The van der Waals surface area contributed by atoms with Crippen molar-refractivity contribution < 1.29 is 4.79 Å². The van der Waals surface area contributed by atoms with E-state index in [9.17, 15) is 4.79 Å². The van der Waals surface area contributed by atoms with Crippen molar-refractivity contribution >= 4 is 22.5 Å². The van der Waals surface area contributed by atoms with Gasteiger partial charge in [-0.15, -0.1) is 0 Å². The Morgan fingerprint density at radius 2 is 2.19 bits per heavy atom. The lowest BCUT2D eigenvalue weighted by Gasteiger charge is -2.18. The smallest absolute Gasteiger partial charge is 0.238 e. The van der Waals surface area contributed by atoms with E-state index in [1.807, 2.05) is 30.3 Å². The summed E-state index contributed by atoms with van der Waals surface area (Å²) >= 11 is 0. The van der Waals surface area contributed by atoms with Gasteiger partial charge in [0.2, 0.25) is 5.91 Å². The fourth-order valence-electron chi connectivity index (χ4n) is 2.60. The maximum Gasteiger partial charge on any atom is 0.238 e. The third kappa shape index (κ3) is 3.77. The highest BCUT2D eigenvalue weighted by Crippen LogP contribution is 2.15. The molecule has 0 spiro atoms. The number of aromatic nitrogens is 1. The lowest BCUT2D eigenvalue weighted by atomic mass is 10.2. The highest BCUT2D eigenvalue weighted by atomic mass is 16.2. The number of nitrogens with zero attached hydrogens (tertiary/aromatic N) is 2. The molecule has 0 radical (unpaired) electrons. The lowest BCUT2D eigenvalue weighted by molar-refractivity contribution is -0.117. The molecule has 5 nitrogen and oxygen atoms in total. The first-order valence-corrected chi connectivity index (χ1v) is 7.39. The first-order chi connectivity index (χ1) is 10.3. The van der Waals surface area contributed by atoms with Crippen LogP contribution in [0.25, 0.3) is 10.9 Å². The maximum atomic E-state index is 12.1. The van der Waals surface area contributed by atoms with Crippen LogP contribution >= 0.6 is 0 Å². The monoisotopic (exact) mass is 284 g/mol. The molecule has 1 aromatic heterocycles. The minimum Gasteiger partial charge on any atom is -0.324 e. The molecule has 1 aromatic carbocycles. The minimum atomic E-state index is 0.0222. The molecule has 2 N–H and O–H groups in total. The fourth-order valence-corrected chi connectivity index (χ4v) is 2.60. The van der Waals surface area contributed by atoms with Gasteiger partial charge < -0.3 is 10.6 Å². The van der Waals surface area contributed by atoms with Crippen molar-refractivity contribution in [2.24, 2.45) is 0 Å². The van der Waals surface area contributed by atoms with Crippen molar-refractivity contribution in [1.29, 1.82) is 0 Å². The molecule has 1 aliphatic heterocycles. The molecule has 0 unspecified atom stereocenters. The number of amides is 1. The summed E-state index contributed by atoms with van der Waals surface area (Å²) in [5.41, 5.74) is 1.70. The van der Waals surface area contributed by atoms with E-state index in [1.54, 1.807) is 6.20 Å². The van der Waals surface area contributed by atoms with Crippen molar-refractivity contribution in [3.05, 3.63) is 36.5 Å². The van der Waals surface area contributed by atoms with Crippen molar-refractivity contribution in [3.8, 4) is 0 Å². The Morgan fingerprint density at radius 3 is 3.14 bits per heavy atom. The van der Waals surface area contributed by atoms with Crippen LogP contribution in [0, 0.1) is 0 Å². The van der Waals surface area contributed by atoms with Crippen LogP contribution in [0.4, 0.5) is 5.69 Å². The van der Waals surface area contributed by atoms with Crippen LogP contribution in [-0.4, -0.2) is 48.5 Å². The molecule has 1 amide bonds. The fraction of sp³-hybridized carbons (Fsp3) is 0.375. The molecule has 1 fully saturated rings. The van der Waals surface area contributed by atoms with Crippen molar-refractivity contribution in [3.63, 3.8) is 0 Å².